The predicted molar refractivity (Wildman–Crippen MR) is 96.6 cm³/mol. The van der Waals surface area contributed by atoms with Crippen molar-refractivity contribution in [2.45, 2.75) is 0 Å². The van der Waals surface area contributed by atoms with Crippen LogP contribution in [0.3, 0.4) is 0 Å². The summed E-state index contributed by atoms with van der Waals surface area (Å²) in [5.41, 5.74) is 0.442. The number of benzene rings is 4. The third-order valence-electron chi connectivity index (χ3n) is 3.97. The minimum absolute atomic E-state index is 0. The Morgan fingerprint density at radius 2 is 0.821 bits per heavy atom. The van der Waals surface area contributed by atoms with Gasteiger partial charge in [0.25, 0.3) is 0 Å². The van der Waals surface area contributed by atoms with Gasteiger partial charge in [0.1, 0.15) is 0 Å². The van der Waals surface area contributed by atoms with Gasteiger partial charge < -0.3 is 19.8 Å². The number of hydrogen-bond donors (Lipinski definition) is 0. The normalized spacial score (nSPS) is 9.43. The molecule has 6 heteroatoms. The van der Waals surface area contributed by atoms with Crippen molar-refractivity contribution in [3.8, 4) is 0 Å². The molecule has 4 aromatic carbocycles. The minimum Gasteiger partial charge on any atom is -0.545 e. The van der Waals surface area contributed by atoms with Crippen LogP contribution in [0.2, 0.25) is 0 Å². The molecule has 28 heavy (non-hydrogen) atoms. The molecule has 144 valence electrons. The molecule has 4 aromatic rings. The molecule has 0 aliphatic heterocycles. The van der Waals surface area contributed by atoms with Gasteiger partial charge in [0.15, 0.2) is 0 Å². The van der Waals surface area contributed by atoms with Crippen LogP contribution in [-0.4, -0.2) is 11.9 Å². The van der Waals surface area contributed by atoms with E-state index < -0.39 is 11.9 Å². The largest absolute Gasteiger partial charge is 0.545 e. The van der Waals surface area contributed by atoms with Crippen LogP contribution in [0, 0.1) is 0 Å². The first-order valence-electron chi connectivity index (χ1n) is 7.95. The van der Waals surface area contributed by atoms with E-state index in [1.165, 1.54) is 0 Å². The fourth-order valence-electron chi connectivity index (χ4n) is 2.63. The Morgan fingerprint density at radius 3 is 1.14 bits per heavy atom. The Morgan fingerprint density at radius 1 is 0.500 bits per heavy atom. The van der Waals surface area contributed by atoms with Gasteiger partial charge in [0.05, 0.1) is 11.9 Å². The average molecular weight is 454 g/mol. The van der Waals surface area contributed by atoms with Crippen molar-refractivity contribution < 1.29 is 53.9 Å². The molecule has 0 atom stereocenters. The van der Waals surface area contributed by atoms with Crippen LogP contribution in [0.4, 0.5) is 0 Å². The molecule has 0 unspecified atom stereocenters. The molecule has 0 heterocycles. The zero-order chi connectivity index (χ0) is 18.5. The molecule has 0 saturated carbocycles. The summed E-state index contributed by atoms with van der Waals surface area (Å²) in [7, 11) is 0. The van der Waals surface area contributed by atoms with Crippen molar-refractivity contribution in [1.82, 2.24) is 0 Å². The van der Waals surface area contributed by atoms with Gasteiger partial charge in [0.2, 0.25) is 0 Å². The minimum atomic E-state index is -1.13. The van der Waals surface area contributed by atoms with Gasteiger partial charge >= 0.3 is 0 Å². The van der Waals surface area contributed by atoms with Crippen molar-refractivity contribution in [3.63, 3.8) is 0 Å². The molecule has 0 aliphatic rings. The molecule has 0 fully saturated rings. The Hall–Kier alpha value is -2.62. The van der Waals surface area contributed by atoms with Gasteiger partial charge in [-0.2, -0.15) is 0 Å². The maximum absolute atomic E-state index is 10.5. The monoisotopic (exact) mass is 454 g/mol. The molecule has 0 radical (unpaired) electrons. The van der Waals surface area contributed by atoms with Crippen LogP contribution in [-0.2, 0) is 34.1 Å². The van der Waals surface area contributed by atoms with E-state index in [9.17, 15) is 19.8 Å². The van der Waals surface area contributed by atoms with Gasteiger partial charge in [-0.1, -0.05) is 72.8 Å². The van der Waals surface area contributed by atoms with Crippen LogP contribution < -0.4 is 10.2 Å². The van der Waals surface area contributed by atoms with E-state index in [0.717, 1.165) is 21.5 Å². The molecule has 0 saturated heterocycles. The number of fused-ring (bicyclic) bond motifs is 2. The third-order valence-corrected chi connectivity index (χ3v) is 3.97. The fourth-order valence-corrected chi connectivity index (χ4v) is 2.63. The van der Waals surface area contributed by atoms with Crippen molar-refractivity contribution in [2.24, 2.45) is 0 Å². The molecule has 0 N–H and O–H groups in total. The molecule has 0 spiro atoms. The summed E-state index contributed by atoms with van der Waals surface area (Å²) in [6.07, 6.45) is 0. The predicted octanol–water partition coefficient (Wildman–Crippen LogP) is 2.40. The zero-order valence-electron chi connectivity index (χ0n) is 14.4. The topological polar surface area (TPSA) is 80.3 Å². The van der Waals surface area contributed by atoms with E-state index in [1.807, 2.05) is 48.5 Å². The molecule has 0 aromatic heterocycles. The van der Waals surface area contributed by atoms with Crippen LogP contribution >= 0.6 is 0 Å². The quantitative estimate of drug-likeness (QED) is 0.436. The molecule has 0 bridgehead atoms. The second kappa shape index (κ2) is 10.6. The summed E-state index contributed by atoms with van der Waals surface area (Å²) < 4.78 is 0. The van der Waals surface area contributed by atoms with Gasteiger partial charge in [-0.3, -0.25) is 0 Å². The molecule has 4 rings (SSSR count). The van der Waals surface area contributed by atoms with Crippen LogP contribution in [0.1, 0.15) is 20.7 Å². The van der Waals surface area contributed by atoms with Gasteiger partial charge in [-0.15, -0.1) is 0 Å². The van der Waals surface area contributed by atoms with E-state index >= 15 is 0 Å². The third kappa shape index (κ3) is 5.69. The molecule has 4 nitrogen and oxygen atoms in total. The Bertz CT molecular complexity index is 1020. The number of carboxylic acid groups (broad SMARTS) is 2. The standard InChI is InChI=1S/2C11H8O2.2Fe/c2*12-11(13)10-6-5-8-3-1-2-4-9(8)7-10;;/h2*1-7H,(H,12,13);;/p-2. The van der Waals surface area contributed by atoms with Crippen LogP contribution in [0.15, 0.2) is 84.9 Å². The molecule has 0 aliphatic carbocycles. The number of carbonyl (C=O) groups excluding carboxylic acids is 2. The molecular formula is C22H14Fe2O4-2. The van der Waals surface area contributed by atoms with E-state index in [0.29, 0.717) is 0 Å². The summed E-state index contributed by atoms with van der Waals surface area (Å²) >= 11 is 0. The van der Waals surface area contributed by atoms with E-state index in [-0.39, 0.29) is 45.3 Å². The van der Waals surface area contributed by atoms with Crippen LogP contribution in [0.5, 0.6) is 0 Å². The van der Waals surface area contributed by atoms with Gasteiger partial charge in [-0.25, -0.2) is 0 Å². The Kier molecular flexibility index (Phi) is 8.90. The van der Waals surface area contributed by atoms with Crippen molar-refractivity contribution in [3.05, 3.63) is 96.1 Å². The van der Waals surface area contributed by atoms with Gasteiger partial charge in [0, 0.05) is 34.1 Å². The van der Waals surface area contributed by atoms with Crippen LogP contribution in [0.25, 0.3) is 21.5 Å². The average Bonchev–Trinajstić information content (AvgIpc) is 2.67. The summed E-state index contributed by atoms with van der Waals surface area (Å²) in [6.45, 7) is 0. The van der Waals surface area contributed by atoms with Gasteiger partial charge in [-0.05, 0) is 44.8 Å². The molecular weight excluding hydrogens is 440 g/mol. The van der Waals surface area contributed by atoms with Crippen molar-refractivity contribution >= 4 is 33.5 Å². The van der Waals surface area contributed by atoms with E-state index in [4.69, 9.17) is 0 Å². The Labute approximate surface area is 183 Å². The Balaban J connectivity index is 0.000000261. The number of carbonyl (C=O) groups is 2. The first-order chi connectivity index (χ1) is 12.5. The number of carboxylic acids is 2. The number of aromatic carboxylic acids is 2. The number of hydrogen-bond acceptors (Lipinski definition) is 4. The smallest absolute Gasteiger partial charge is 0.0715 e. The first-order valence-corrected chi connectivity index (χ1v) is 7.95. The SMILES string of the molecule is O=C([O-])c1ccc2ccccc2c1.O=C([O-])c1ccc2ccccc2c1.[Fe].[Fe]. The fraction of sp³-hybridized carbons (Fsp3) is 0. The van der Waals surface area contributed by atoms with E-state index in [1.54, 1.807) is 36.4 Å². The van der Waals surface area contributed by atoms with E-state index in [2.05, 4.69) is 0 Å². The maximum atomic E-state index is 10.5. The number of rotatable bonds is 2. The van der Waals surface area contributed by atoms with Crippen molar-refractivity contribution in [1.29, 1.82) is 0 Å². The summed E-state index contributed by atoms with van der Waals surface area (Å²) in [5, 5.41) is 25.0. The summed E-state index contributed by atoms with van der Waals surface area (Å²) in [6, 6.07) is 25.1. The maximum Gasteiger partial charge on any atom is 0.0715 e. The molecule has 0 amide bonds. The van der Waals surface area contributed by atoms with Crippen molar-refractivity contribution in [2.75, 3.05) is 0 Å². The summed E-state index contributed by atoms with van der Waals surface area (Å²) in [5.74, 6) is -2.27. The zero-order valence-corrected chi connectivity index (χ0v) is 16.6. The second-order valence-electron chi connectivity index (χ2n) is 5.70. The summed E-state index contributed by atoms with van der Waals surface area (Å²) in [4.78, 5) is 21.1. The second-order valence-corrected chi connectivity index (χ2v) is 5.70. The first kappa shape index (κ1) is 23.4.